The van der Waals surface area contributed by atoms with E-state index in [4.69, 9.17) is 5.11 Å². The van der Waals surface area contributed by atoms with Gasteiger partial charge in [0.25, 0.3) is 0 Å². The molecule has 0 aromatic heterocycles. The van der Waals surface area contributed by atoms with E-state index in [9.17, 15) is 4.79 Å². The molecule has 2 aromatic rings. The van der Waals surface area contributed by atoms with Gasteiger partial charge in [-0.25, -0.2) is 4.79 Å². The molecule has 0 fully saturated rings. The molecule has 0 spiro atoms. The van der Waals surface area contributed by atoms with Gasteiger partial charge in [-0.3, -0.25) is 0 Å². The Balaban J connectivity index is 2.32. The second kappa shape index (κ2) is 4.45. The molecule has 2 rings (SSSR count). The van der Waals surface area contributed by atoms with E-state index in [1.54, 1.807) is 7.05 Å². The molecule has 0 aliphatic rings. The summed E-state index contributed by atoms with van der Waals surface area (Å²) in [6.45, 7) is 2.48. The third-order valence-electron chi connectivity index (χ3n) is 2.81. The van der Waals surface area contributed by atoms with Crippen LogP contribution in [0.3, 0.4) is 0 Å². The highest BCUT2D eigenvalue weighted by atomic mass is 16.4. The van der Waals surface area contributed by atoms with Gasteiger partial charge >= 0.3 is 6.09 Å². The molecule has 3 heteroatoms. The van der Waals surface area contributed by atoms with Crippen LogP contribution in [0.1, 0.15) is 11.1 Å². The van der Waals surface area contributed by atoms with Crippen LogP contribution in [-0.4, -0.2) is 23.1 Å². The summed E-state index contributed by atoms with van der Waals surface area (Å²) in [5, 5.41) is 11.2. The molecule has 88 valence electrons. The first kappa shape index (κ1) is 11.5. The molecular weight excluding hydrogens is 214 g/mol. The molecule has 0 bridgehead atoms. The number of amides is 1. The molecule has 3 nitrogen and oxygen atoms in total. The van der Waals surface area contributed by atoms with Crippen molar-refractivity contribution in [3.05, 3.63) is 47.5 Å². The molecule has 0 aliphatic carbocycles. The average Bonchev–Trinajstić information content (AvgIpc) is 2.29. The molecule has 0 saturated carbocycles. The summed E-state index contributed by atoms with van der Waals surface area (Å²) in [5.74, 6) is 0. The SMILES string of the molecule is Cc1ccc2cc(CN(C)C(=O)O)ccc2c1. The zero-order valence-electron chi connectivity index (χ0n) is 9.97. The minimum absolute atomic E-state index is 0.416. The smallest absolute Gasteiger partial charge is 0.407 e. The van der Waals surface area contributed by atoms with Gasteiger partial charge in [-0.1, -0.05) is 35.9 Å². The summed E-state index contributed by atoms with van der Waals surface area (Å²) >= 11 is 0. The first-order valence-electron chi connectivity index (χ1n) is 5.49. The number of fused-ring (bicyclic) bond motifs is 1. The topological polar surface area (TPSA) is 40.5 Å². The lowest BCUT2D eigenvalue weighted by atomic mass is 10.0. The van der Waals surface area contributed by atoms with Crippen molar-refractivity contribution in [1.29, 1.82) is 0 Å². The Morgan fingerprint density at radius 2 is 1.82 bits per heavy atom. The Labute approximate surface area is 100 Å². The second-order valence-corrected chi connectivity index (χ2v) is 4.32. The molecular formula is C14H15NO2. The van der Waals surface area contributed by atoms with Gasteiger partial charge in [0.15, 0.2) is 0 Å². The van der Waals surface area contributed by atoms with Crippen LogP contribution in [0.4, 0.5) is 4.79 Å². The van der Waals surface area contributed by atoms with E-state index < -0.39 is 6.09 Å². The lowest BCUT2D eigenvalue weighted by molar-refractivity contribution is 0.154. The summed E-state index contributed by atoms with van der Waals surface area (Å²) in [6.07, 6.45) is -0.908. The Kier molecular flexibility index (Phi) is 3.00. The maximum absolute atomic E-state index is 10.7. The van der Waals surface area contributed by atoms with Gasteiger partial charge in [-0.15, -0.1) is 0 Å². The fourth-order valence-electron chi connectivity index (χ4n) is 1.85. The lowest BCUT2D eigenvalue weighted by Gasteiger charge is -2.13. The van der Waals surface area contributed by atoms with Crippen molar-refractivity contribution >= 4 is 16.9 Å². The van der Waals surface area contributed by atoms with Crippen LogP contribution in [0.15, 0.2) is 36.4 Å². The molecule has 0 radical (unpaired) electrons. The summed E-state index contributed by atoms with van der Waals surface area (Å²) in [4.78, 5) is 12.0. The predicted molar refractivity (Wildman–Crippen MR) is 68.2 cm³/mol. The molecule has 1 amide bonds. The molecule has 0 atom stereocenters. The summed E-state index contributed by atoms with van der Waals surface area (Å²) < 4.78 is 0. The van der Waals surface area contributed by atoms with Crippen LogP contribution < -0.4 is 0 Å². The van der Waals surface area contributed by atoms with E-state index in [1.165, 1.54) is 15.8 Å². The van der Waals surface area contributed by atoms with E-state index in [2.05, 4.69) is 25.1 Å². The first-order chi connectivity index (χ1) is 8.06. The quantitative estimate of drug-likeness (QED) is 0.858. The molecule has 2 aromatic carbocycles. The van der Waals surface area contributed by atoms with Gasteiger partial charge in [0.2, 0.25) is 0 Å². The molecule has 0 aliphatic heterocycles. The van der Waals surface area contributed by atoms with Gasteiger partial charge in [0, 0.05) is 13.6 Å². The van der Waals surface area contributed by atoms with E-state index in [-0.39, 0.29) is 0 Å². The minimum atomic E-state index is -0.908. The third-order valence-corrected chi connectivity index (χ3v) is 2.81. The van der Waals surface area contributed by atoms with Gasteiger partial charge < -0.3 is 10.0 Å². The number of carboxylic acid groups (broad SMARTS) is 1. The number of hydrogen-bond donors (Lipinski definition) is 1. The van der Waals surface area contributed by atoms with E-state index in [0.717, 1.165) is 10.9 Å². The number of carbonyl (C=O) groups is 1. The Morgan fingerprint density at radius 1 is 1.18 bits per heavy atom. The first-order valence-corrected chi connectivity index (χ1v) is 5.49. The fourth-order valence-corrected chi connectivity index (χ4v) is 1.85. The molecule has 1 N–H and O–H groups in total. The number of benzene rings is 2. The molecule has 0 heterocycles. The van der Waals surface area contributed by atoms with Crippen LogP contribution in [0.5, 0.6) is 0 Å². The number of aryl methyl sites for hydroxylation is 1. The van der Waals surface area contributed by atoms with Crippen molar-refractivity contribution in [2.45, 2.75) is 13.5 Å². The van der Waals surface area contributed by atoms with E-state index in [1.807, 2.05) is 18.2 Å². The highest BCUT2D eigenvalue weighted by Gasteiger charge is 2.06. The molecule has 0 unspecified atom stereocenters. The highest BCUT2D eigenvalue weighted by molar-refractivity contribution is 5.83. The fraction of sp³-hybridized carbons (Fsp3) is 0.214. The monoisotopic (exact) mass is 229 g/mol. The standard InChI is InChI=1S/C14H15NO2/c1-10-3-5-13-8-11(4-6-12(13)7-10)9-15(2)14(16)17/h3-8H,9H2,1-2H3,(H,16,17). The largest absolute Gasteiger partial charge is 0.465 e. The highest BCUT2D eigenvalue weighted by Crippen LogP contribution is 2.18. The van der Waals surface area contributed by atoms with Crippen molar-refractivity contribution in [3.63, 3.8) is 0 Å². The van der Waals surface area contributed by atoms with Crippen molar-refractivity contribution in [3.8, 4) is 0 Å². The lowest BCUT2D eigenvalue weighted by Crippen LogP contribution is -2.23. The molecule has 17 heavy (non-hydrogen) atoms. The Hall–Kier alpha value is -2.03. The van der Waals surface area contributed by atoms with Gasteiger partial charge in [-0.05, 0) is 29.3 Å². The second-order valence-electron chi connectivity index (χ2n) is 4.32. The third kappa shape index (κ3) is 2.56. The van der Waals surface area contributed by atoms with Gasteiger partial charge in [0.1, 0.15) is 0 Å². The molecule has 0 saturated heterocycles. The van der Waals surface area contributed by atoms with Crippen molar-refractivity contribution in [1.82, 2.24) is 4.90 Å². The van der Waals surface area contributed by atoms with Gasteiger partial charge in [-0.2, -0.15) is 0 Å². The summed E-state index contributed by atoms with van der Waals surface area (Å²) in [5.41, 5.74) is 2.24. The minimum Gasteiger partial charge on any atom is -0.465 e. The van der Waals surface area contributed by atoms with Crippen LogP contribution >= 0.6 is 0 Å². The summed E-state index contributed by atoms with van der Waals surface area (Å²) in [7, 11) is 1.57. The Bertz CT molecular complexity index is 563. The Morgan fingerprint density at radius 3 is 2.53 bits per heavy atom. The normalized spacial score (nSPS) is 10.5. The predicted octanol–water partition coefficient (Wildman–Crippen LogP) is 3.26. The average molecular weight is 229 g/mol. The van der Waals surface area contributed by atoms with Crippen LogP contribution in [0.25, 0.3) is 10.8 Å². The number of hydrogen-bond acceptors (Lipinski definition) is 1. The number of nitrogens with zero attached hydrogens (tertiary/aromatic N) is 1. The zero-order valence-corrected chi connectivity index (χ0v) is 9.97. The van der Waals surface area contributed by atoms with Crippen molar-refractivity contribution < 1.29 is 9.90 Å². The maximum atomic E-state index is 10.7. The van der Waals surface area contributed by atoms with E-state index >= 15 is 0 Å². The van der Waals surface area contributed by atoms with Gasteiger partial charge in [0.05, 0.1) is 0 Å². The summed E-state index contributed by atoms with van der Waals surface area (Å²) in [6, 6.07) is 12.3. The van der Waals surface area contributed by atoms with Crippen LogP contribution in [0.2, 0.25) is 0 Å². The number of rotatable bonds is 2. The zero-order chi connectivity index (χ0) is 12.4. The van der Waals surface area contributed by atoms with Crippen LogP contribution in [0, 0.1) is 6.92 Å². The van der Waals surface area contributed by atoms with Crippen LogP contribution in [-0.2, 0) is 6.54 Å². The maximum Gasteiger partial charge on any atom is 0.407 e. The van der Waals surface area contributed by atoms with Crippen molar-refractivity contribution in [2.75, 3.05) is 7.05 Å². The van der Waals surface area contributed by atoms with E-state index in [0.29, 0.717) is 6.54 Å². The van der Waals surface area contributed by atoms with Crippen molar-refractivity contribution in [2.24, 2.45) is 0 Å².